The largest absolute Gasteiger partial charge is 0.324 e. The molecule has 3 aromatic heterocycles. The van der Waals surface area contributed by atoms with Gasteiger partial charge in [0.15, 0.2) is 0 Å². The molecule has 0 saturated carbocycles. The molecule has 0 bridgehead atoms. The van der Waals surface area contributed by atoms with E-state index in [9.17, 15) is 4.79 Å². The first kappa shape index (κ1) is 27.5. The zero-order chi connectivity index (χ0) is 29.9. The van der Waals surface area contributed by atoms with Gasteiger partial charge in [-0.1, -0.05) is 48.5 Å². The number of rotatable bonds is 7. The quantitative estimate of drug-likeness (QED) is 0.185. The van der Waals surface area contributed by atoms with E-state index in [1.807, 2.05) is 90.3 Å². The molecular formula is C36H33N7O. The SMILES string of the molecule is Cc1ccccc1C(=O)Nc1cccc(-c2nc3ccccn3c2-c2ccnc(Nc3cccc(C4CCNCC4)c3)n2)c1. The molecule has 7 rings (SSSR count). The van der Waals surface area contributed by atoms with Gasteiger partial charge in [0.1, 0.15) is 5.65 Å². The van der Waals surface area contributed by atoms with Crippen molar-refractivity contribution >= 4 is 28.9 Å². The molecule has 1 aliphatic rings. The molecule has 1 aliphatic heterocycles. The Hall–Kier alpha value is -5.34. The first-order valence-electron chi connectivity index (χ1n) is 15.0. The third kappa shape index (κ3) is 5.67. The molecule has 1 saturated heterocycles. The second-order valence-corrected chi connectivity index (χ2v) is 11.1. The molecule has 218 valence electrons. The summed E-state index contributed by atoms with van der Waals surface area (Å²) in [4.78, 5) is 27.5. The van der Waals surface area contributed by atoms with Crippen LogP contribution in [0.1, 0.15) is 40.2 Å². The van der Waals surface area contributed by atoms with Gasteiger partial charge in [-0.25, -0.2) is 15.0 Å². The van der Waals surface area contributed by atoms with Crippen molar-refractivity contribution in [2.75, 3.05) is 23.7 Å². The molecule has 4 heterocycles. The fourth-order valence-corrected chi connectivity index (χ4v) is 5.92. The number of nitrogens with one attached hydrogen (secondary N) is 3. The van der Waals surface area contributed by atoms with Crippen LogP contribution >= 0.6 is 0 Å². The lowest BCUT2D eigenvalue weighted by Crippen LogP contribution is -2.26. The van der Waals surface area contributed by atoms with Crippen molar-refractivity contribution in [2.24, 2.45) is 0 Å². The van der Waals surface area contributed by atoms with Gasteiger partial charge in [-0.2, -0.15) is 0 Å². The predicted octanol–water partition coefficient (Wildman–Crippen LogP) is 7.23. The minimum Gasteiger partial charge on any atom is -0.324 e. The first-order chi connectivity index (χ1) is 21.6. The standard InChI is InChI=1S/C36H33N7O/c1-24-8-2-3-13-30(24)35(44)39-28-11-7-10-27(23-28)33-34(43-21-5-4-14-32(43)42-33)31-17-20-38-36(41-31)40-29-12-6-9-26(22-29)25-15-18-37-19-16-25/h2-14,17,20-23,25,37H,15-16,18-19H2,1H3,(H,39,44)(H,38,40,41). The Morgan fingerprint density at radius 1 is 0.864 bits per heavy atom. The summed E-state index contributed by atoms with van der Waals surface area (Å²) in [7, 11) is 0. The Kier molecular flexibility index (Phi) is 7.56. The molecule has 3 aromatic carbocycles. The number of fused-ring (bicyclic) bond motifs is 1. The van der Waals surface area contributed by atoms with E-state index in [0.717, 1.165) is 65.5 Å². The normalized spacial score (nSPS) is 13.6. The molecule has 1 fully saturated rings. The number of nitrogens with zero attached hydrogens (tertiary/aromatic N) is 4. The van der Waals surface area contributed by atoms with Crippen molar-refractivity contribution in [2.45, 2.75) is 25.7 Å². The van der Waals surface area contributed by atoms with Gasteiger partial charge in [0.2, 0.25) is 5.95 Å². The highest BCUT2D eigenvalue weighted by atomic mass is 16.1. The van der Waals surface area contributed by atoms with Gasteiger partial charge in [-0.3, -0.25) is 9.20 Å². The van der Waals surface area contributed by atoms with Gasteiger partial charge in [0, 0.05) is 34.9 Å². The van der Waals surface area contributed by atoms with Crippen LogP contribution in [0.4, 0.5) is 17.3 Å². The van der Waals surface area contributed by atoms with Crippen LogP contribution in [0, 0.1) is 6.92 Å². The summed E-state index contributed by atoms with van der Waals surface area (Å²) in [6.07, 6.45) is 6.04. The number of carbonyl (C=O) groups excluding carboxylic acids is 1. The average molecular weight is 580 g/mol. The first-order valence-corrected chi connectivity index (χ1v) is 15.0. The number of imidazole rings is 1. The number of piperidine rings is 1. The van der Waals surface area contributed by atoms with E-state index in [1.165, 1.54) is 5.56 Å². The smallest absolute Gasteiger partial charge is 0.255 e. The number of hydrogen-bond acceptors (Lipinski definition) is 6. The lowest BCUT2D eigenvalue weighted by Gasteiger charge is -2.23. The van der Waals surface area contributed by atoms with Crippen LogP contribution in [-0.2, 0) is 0 Å². The van der Waals surface area contributed by atoms with E-state index in [2.05, 4.69) is 45.2 Å². The van der Waals surface area contributed by atoms with Crippen molar-refractivity contribution in [3.8, 4) is 22.6 Å². The van der Waals surface area contributed by atoms with Crippen molar-refractivity contribution in [3.05, 3.63) is 126 Å². The Bertz CT molecular complexity index is 1960. The monoisotopic (exact) mass is 579 g/mol. The molecule has 8 nitrogen and oxygen atoms in total. The second kappa shape index (κ2) is 12.1. The number of carbonyl (C=O) groups is 1. The molecule has 8 heteroatoms. The highest BCUT2D eigenvalue weighted by Gasteiger charge is 2.19. The minimum atomic E-state index is -0.147. The van der Waals surface area contributed by atoms with Crippen molar-refractivity contribution in [1.29, 1.82) is 0 Å². The summed E-state index contributed by atoms with van der Waals surface area (Å²) in [5, 5.41) is 9.93. The number of benzene rings is 3. The lowest BCUT2D eigenvalue weighted by molar-refractivity contribution is 0.102. The average Bonchev–Trinajstić information content (AvgIpc) is 3.46. The van der Waals surface area contributed by atoms with Crippen LogP contribution in [-0.4, -0.2) is 38.3 Å². The molecule has 6 aromatic rings. The highest BCUT2D eigenvalue weighted by molar-refractivity contribution is 6.05. The zero-order valence-corrected chi connectivity index (χ0v) is 24.5. The van der Waals surface area contributed by atoms with E-state index in [4.69, 9.17) is 9.97 Å². The molecule has 1 amide bonds. The van der Waals surface area contributed by atoms with Crippen LogP contribution < -0.4 is 16.0 Å². The van der Waals surface area contributed by atoms with Gasteiger partial charge in [0.05, 0.1) is 17.1 Å². The van der Waals surface area contributed by atoms with Gasteiger partial charge in [0.25, 0.3) is 5.91 Å². The summed E-state index contributed by atoms with van der Waals surface area (Å²) < 4.78 is 2.04. The number of aromatic nitrogens is 4. The molecule has 0 radical (unpaired) electrons. The van der Waals surface area contributed by atoms with Gasteiger partial charge in [-0.15, -0.1) is 0 Å². The number of hydrogen-bond donors (Lipinski definition) is 3. The molecule has 3 N–H and O–H groups in total. The summed E-state index contributed by atoms with van der Waals surface area (Å²) >= 11 is 0. The summed E-state index contributed by atoms with van der Waals surface area (Å²) in [5.74, 6) is 0.926. The van der Waals surface area contributed by atoms with Crippen molar-refractivity contribution in [1.82, 2.24) is 24.7 Å². The molecule has 0 unspecified atom stereocenters. The van der Waals surface area contributed by atoms with E-state index < -0.39 is 0 Å². The van der Waals surface area contributed by atoms with Crippen LogP contribution in [0.2, 0.25) is 0 Å². The van der Waals surface area contributed by atoms with E-state index in [-0.39, 0.29) is 5.91 Å². The maximum absolute atomic E-state index is 13.1. The third-order valence-corrected chi connectivity index (χ3v) is 8.17. The maximum atomic E-state index is 13.1. The van der Waals surface area contributed by atoms with E-state index >= 15 is 0 Å². The van der Waals surface area contributed by atoms with Crippen LogP contribution in [0.25, 0.3) is 28.3 Å². The van der Waals surface area contributed by atoms with Crippen LogP contribution in [0.15, 0.2) is 109 Å². The number of aryl methyl sites for hydroxylation is 1. The Labute approximate surface area is 256 Å². The van der Waals surface area contributed by atoms with E-state index in [0.29, 0.717) is 23.1 Å². The number of amides is 1. The topological polar surface area (TPSA) is 96.2 Å². The maximum Gasteiger partial charge on any atom is 0.255 e. The highest BCUT2D eigenvalue weighted by Crippen LogP contribution is 2.34. The van der Waals surface area contributed by atoms with E-state index in [1.54, 1.807) is 6.20 Å². The Balaban J connectivity index is 1.22. The van der Waals surface area contributed by atoms with Crippen molar-refractivity contribution in [3.63, 3.8) is 0 Å². The summed E-state index contributed by atoms with van der Waals surface area (Å²) in [5.41, 5.74) is 8.59. The van der Waals surface area contributed by atoms with Gasteiger partial charge in [-0.05, 0) is 98.4 Å². The van der Waals surface area contributed by atoms with Gasteiger partial charge < -0.3 is 16.0 Å². The van der Waals surface area contributed by atoms with Crippen LogP contribution in [0.3, 0.4) is 0 Å². The predicted molar refractivity (Wildman–Crippen MR) is 175 cm³/mol. The minimum absolute atomic E-state index is 0.147. The zero-order valence-electron chi connectivity index (χ0n) is 24.5. The Morgan fingerprint density at radius 2 is 1.68 bits per heavy atom. The van der Waals surface area contributed by atoms with Crippen molar-refractivity contribution < 1.29 is 4.79 Å². The number of anilines is 3. The molecule has 0 spiro atoms. The number of pyridine rings is 1. The van der Waals surface area contributed by atoms with Crippen LogP contribution in [0.5, 0.6) is 0 Å². The third-order valence-electron chi connectivity index (χ3n) is 8.17. The molecule has 44 heavy (non-hydrogen) atoms. The summed E-state index contributed by atoms with van der Waals surface area (Å²) in [6.45, 7) is 4.04. The lowest BCUT2D eigenvalue weighted by atomic mass is 9.90. The molecule has 0 aliphatic carbocycles. The Morgan fingerprint density at radius 3 is 2.57 bits per heavy atom. The second-order valence-electron chi connectivity index (χ2n) is 11.1. The van der Waals surface area contributed by atoms with Gasteiger partial charge >= 0.3 is 0 Å². The molecule has 0 atom stereocenters. The molecular weight excluding hydrogens is 546 g/mol. The fraction of sp³-hybridized carbons (Fsp3) is 0.167. The summed E-state index contributed by atoms with van der Waals surface area (Å²) in [6, 6.07) is 31.7. The fourth-order valence-electron chi connectivity index (χ4n) is 5.92.